The number of carbonyl (C=O) groups excluding carboxylic acids is 2. The molecule has 1 aliphatic heterocycles. The van der Waals surface area contributed by atoms with Crippen LogP contribution in [0.1, 0.15) is 34.6 Å². The maximum absolute atomic E-state index is 12.5. The summed E-state index contributed by atoms with van der Waals surface area (Å²) in [5.41, 5.74) is 1.92. The summed E-state index contributed by atoms with van der Waals surface area (Å²) in [6, 6.07) is 15.6. The first kappa shape index (κ1) is 20.0. The average Bonchev–Trinajstić information content (AvgIpc) is 3.21. The molecule has 1 aromatic carbocycles. The summed E-state index contributed by atoms with van der Waals surface area (Å²) in [6.07, 6.45) is 4.39. The minimum Gasteiger partial charge on any atom is -0.455 e. The Morgan fingerprint density at radius 1 is 1.19 bits per heavy atom. The van der Waals surface area contributed by atoms with Gasteiger partial charge >= 0.3 is 0 Å². The number of rotatable bonds is 6. The fraction of sp³-hybridized carbons (Fsp3) is 0.174. The largest absolute Gasteiger partial charge is 0.455 e. The van der Waals surface area contributed by atoms with Gasteiger partial charge in [-0.1, -0.05) is 6.07 Å². The van der Waals surface area contributed by atoms with E-state index in [1.54, 1.807) is 59.6 Å². The highest BCUT2D eigenvalue weighted by molar-refractivity contribution is 6.02. The second kappa shape index (κ2) is 9.05. The summed E-state index contributed by atoms with van der Waals surface area (Å²) in [6.45, 7) is 1.05. The van der Waals surface area contributed by atoms with Crippen LogP contribution in [0, 0.1) is 11.3 Å². The van der Waals surface area contributed by atoms with E-state index in [-0.39, 0.29) is 11.8 Å². The van der Waals surface area contributed by atoms with E-state index in [1.165, 1.54) is 6.20 Å². The Labute approximate surface area is 179 Å². The molecule has 0 radical (unpaired) electrons. The second-order valence-corrected chi connectivity index (χ2v) is 7.00. The van der Waals surface area contributed by atoms with Gasteiger partial charge in [0.1, 0.15) is 29.0 Å². The highest BCUT2D eigenvalue weighted by Gasteiger charge is 2.22. The molecule has 0 bridgehead atoms. The van der Waals surface area contributed by atoms with E-state index in [4.69, 9.17) is 10.00 Å². The zero-order valence-electron chi connectivity index (χ0n) is 16.6. The predicted molar refractivity (Wildman–Crippen MR) is 112 cm³/mol. The summed E-state index contributed by atoms with van der Waals surface area (Å²) < 4.78 is 5.96. The lowest BCUT2D eigenvalue weighted by molar-refractivity contribution is -0.128. The lowest BCUT2D eigenvalue weighted by Crippen LogP contribution is -2.24. The van der Waals surface area contributed by atoms with Crippen LogP contribution in [0.5, 0.6) is 11.5 Å². The molecule has 0 saturated carbocycles. The first-order valence-electron chi connectivity index (χ1n) is 9.79. The van der Waals surface area contributed by atoms with Crippen molar-refractivity contribution in [1.82, 2.24) is 14.9 Å². The van der Waals surface area contributed by atoms with Crippen LogP contribution in [0.2, 0.25) is 0 Å². The molecule has 3 heterocycles. The molecule has 1 N–H and O–H groups in total. The monoisotopic (exact) mass is 413 g/mol. The normalized spacial score (nSPS) is 13.0. The minimum absolute atomic E-state index is 0.0916. The summed E-state index contributed by atoms with van der Waals surface area (Å²) >= 11 is 0. The Kier molecular flexibility index (Phi) is 5.85. The van der Waals surface area contributed by atoms with E-state index in [1.807, 2.05) is 6.07 Å². The number of anilines is 1. The van der Waals surface area contributed by atoms with Crippen molar-refractivity contribution in [3.05, 3.63) is 77.9 Å². The van der Waals surface area contributed by atoms with Crippen LogP contribution >= 0.6 is 0 Å². The van der Waals surface area contributed by atoms with Gasteiger partial charge in [-0.25, -0.2) is 4.98 Å². The molecule has 0 spiro atoms. The predicted octanol–water partition coefficient (Wildman–Crippen LogP) is 3.52. The quantitative estimate of drug-likeness (QED) is 0.662. The summed E-state index contributed by atoms with van der Waals surface area (Å²) in [4.78, 5) is 34.4. The molecule has 0 unspecified atom stereocenters. The van der Waals surface area contributed by atoms with Gasteiger partial charge in [0, 0.05) is 37.0 Å². The van der Waals surface area contributed by atoms with Gasteiger partial charge in [0.15, 0.2) is 0 Å². The standard InChI is InChI=1S/C23H19N5O3/c24-13-18-6-8-19(14-26-18)31-21-9-7-17(27-23(30)20-4-1-2-10-25-20)12-16(21)15-28-11-3-5-22(28)29/h1-2,4,6-10,12,14H,3,5,11,15H2,(H,27,30). The third-order valence-electron chi connectivity index (χ3n) is 4.83. The third kappa shape index (κ3) is 4.85. The van der Waals surface area contributed by atoms with E-state index >= 15 is 0 Å². The van der Waals surface area contributed by atoms with Gasteiger partial charge in [-0.05, 0) is 48.9 Å². The summed E-state index contributed by atoms with van der Waals surface area (Å²) in [5, 5.41) is 11.7. The molecule has 0 aliphatic carbocycles. The molecule has 31 heavy (non-hydrogen) atoms. The first-order valence-corrected chi connectivity index (χ1v) is 9.79. The van der Waals surface area contributed by atoms with Crippen LogP contribution in [-0.4, -0.2) is 33.2 Å². The maximum atomic E-state index is 12.5. The van der Waals surface area contributed by atoms with Crippen LogP contribution in [0.15, 0.2) is 60.9 Å². The molecule has 1 saturated heterocycles. The van der Waals surface area contributed by atoms with E-state index < -0.39 is 0 Å². The fourth-order valence-electron chi connectivity index (χ4n) is 3.28. The van der Waals surface area contributed by atoms with Gasteiger partial charge in [0.2, 0.25) is 5.91 Å². The Morgan fingerprint density at radius 2 is 2.10 bits per heavy atom. The number of hydrogen-bond donors (Lipinski definition) is 1. The van der Waals surface area contributed by atoms with Gasteiger partial charge in [0.05, 0.1) is 6.20 Å². The van der Waals surface area contributed by atoms with Crippen molar-refractivity contribution < 1.29 is 14.3 Å². The number of ether oxygens (including phenoxy) is 1. The molecule has 0 atom stereocenters. The van der Waals surface area contributed by atoms with Crippen molar-refractivity contribution in [3.8, 4) is 17.6 Å². The van der Waals surface area contributed by atoms with E-state index in [0.29, 0.717) is 48.1 Å². The lowest BCUT2D eigenvalue weighted by atomic mass is 10.1. The Balaban J connectivity index is 1.59. The highest BCUT2D eigenvalue weighted by atomic mass is 16.5. The molecular formula is C23H19N5O3. The van der Waals surface area contributed by atoms with E-state index in [9.17, 15) is 9.59 Å². The van der Waals surface area contributed by atoms with Crippen molar-refractivity contribution >= 4 is 17.5 Å². The number of nitrogens with one attached hydrogen (secondary N) is 1. The van der Waals surface area contributed by atoms with Crippen molar-refractivity contribution in [2.75, 3.05) is 11.9 Å². The number of hydrogen-bond acceptors (Lipinski definition) is 6. The van der Waals surface area contributed by atoms with Gasteiger partial charge in [0.25, 0.3) is 5.91 Å². The molecule has 154 valence electrons. The number of aromatic nitrogens is 2. The molecule has 8 heteroatoms. The zero-order chi connectivity index (χ0) is 21.6. The molecule has 2 aromatic heterocycles. The number of nitrogens with zero attached hydrogens (tertiary/aromatic N) is 4. The average molecular weight is 413 g/mol. The molecule has 3 aromatic rings. The summed E-state index contributed by atoms with van der Waals surface area (Å²) in [7, 11) is 0. The minimum atomic E-state index is -0.325. The summed E-state index contributed by atoms with van der Waals surface area (Å²) in [5.74, 6) is 0.781. The number of pyridine rings is 2. The maximum Gasteiger partial charge on any atom is 0.274 e. The van der Waals surface area contributed by atoms with Gasteiger partial charge in [-0.15, -0.1) is 0 Å². The molecule has 2 amide bonds. The van der Waals surface area contributed by atoms with Gasteiger partial charge < -0.3 is 15.0 Å². The topological polar surface area (TPSA) is 108 Å². The van der Waals surface area contributed by atoms with Crippen molar-refractivity contribution in [1.29, 1.82) is 5.26 Å². The molecule has 1 aliphatic rings. The van der Waals surface area contributed by atoms with Crippen LogP contribution in [0.4, 0.5) is 5.69 Å². The van der Waals surface area contributed by atoms with Gasteiger partial charge in [-0.3, -0.25) is 14.6 Å². The number of amides is 2. The zero-order valence-corrected chi connectivity index (χ0v) is 16.6. The number of benzene rings is 1. The van der Waals surface area contributed by atoms with Crippen LogP contribution < -0.4 is 10.1 Å². The number of carbonyl (C=O) groups is 2. The Morgan fingerprint density at radius 3 is 2.77 bits per heavy atom. The van der Waals surface area contributed by atoms with Crippen LogP contribution in [-0.2, 0) is 11.3 Å². The van der Waals surface area contributed by atoms with E-state index in [2.05, 4.69) is 15.3 Å². The Bertz CT molecular complexity index is 1140. The van der Waals surface area contributed by atoms with Crippen LogP contribution in [0.3, 0.4) is 0 Å². The Hall–Kier alpha value is -4.25. The molecule has 4 rings (SSSR count). The fourth-order valence-corrected chi connectivity index (χ4v) is 3.28. The van der Waals surface area contributed by atoms with Crippen molar-refractivity contribution in [2.45, 2.75) is 19.4 Å². The van der Waals surface area contributed by atoms with Crippen molar-refractivity contribution in [3.63, 3.8) is 0 Å². The van der Waals surface area contributed by atoms with Gasteiger partial charge in [-0.2, -0.15) is 5.26 Å². The molecule has 8 nitrogen and oxygen atoms in total. The number of nitriles is 1. The lowest BCUT2D eigenvalue weighted by Gasteiger charge is -2.19. The molecule has 1 fully saturated rings. The second-order valence-electron chi connectivity index (χ2n) is 7.00. The van der Waals surface area contributed by atoms with Crippen LogP contribution in [0.25, 0.3) is 0 Å². The molecular weight excluding hydrogens is 394 g/mol. The number of likely N-dealkylation sites (tertiary alicyclic amines) is 1. The third-order valence-corrected chi connectivity index (χ3v) is 4.83. The highest BCUT2D eigenvalue weighted by Crippen LogP contribution is 2.30. The SMILES string of the molecule is N#Cc1ccc(Oc2ccc(NC(=O)c3ccccn3)cc2CN2CCCC2=O)cn1. The first-order chi connectivity index (χ1) is 15.1. The van der Waals surface area contributed by atoms with Crippen molar-refractivity contribution in [2.24, 2.45) is 0 Å². The smallest absolute Gasteiger partial charge is 0.274 e. The van der Waals surface area contributed by atoms with E-state index in [0.717, 1.165) is 12.0 Å².